The predicted molar refractivity (Wildman–Crippen MR) is 227 cm³/mol. The Morgan fingerprint density at radius 2 is 1.16 bits per heavy atom. The van der Waals surface area contributed by atoms with Gasteiger partial charge in [0.25, 0.3) is 0 Å². The van der Waals surface area contributed by atoms with Crippen LogP contribution in [0.25, 0.3) is 22.3 Å². The highest BCUT2D eigenvalue weighted by Gasteiger charge is 2.45. The number of nitrogens with two attached hydrogens (primary N) is 2. The molecule has 5 N–H and O–H groups in total. The molecular formula is C49H51N5O2. The third-order valence-corrected chi connectivity index (χ3v) is 11.5. The molecule has 0 spiro atoms. The molecular weight excluding hydrogens is 691 g/mol. The summed E-state index contributed by atoms with van der Waals surface area (Å²) in [6.45, 7) is 5.07. The van der Waals surface area contributed by atoms with Gasteiger partial charge in [-0.15, -0.1) is 5.10 Å². The Hall–Kier alpha value is -6.02. The first-order valence-corrected chi connectivity index (χ1v) is 19.3. The van der Waals surface area contributed by atoms with Crippen molar-refractivity contribution in [3.63, 3.8) is 0 Å². The van der Waals surface area contributed by atoms with Gasteiger partial charge in [0.2, 0.25) is 0 Å². The summed E-state index contributed by atoms with van der Waals surface area (Å²) < 4.78 is 5.30. The molecule has 1 fully saturated rings. The summed E-state index contributed by atoms with van der Waals surface area (Å²) >= 11 is 0. The van der Waals surface area contributed by atoms with Crippen molar-refractivity contribution in [2.75, 3.05) is 7.11 Å². The van der Waals surface area contributed by atoms with Gasteiger partial charge in [-0.1, -0.05) is 166 Å². The molecule has 6 aromatic rings. The maximum Gasteiger partial charge on any atom is 0.326 e. The van der Waals surface area contributed by atoms with Gasteiger partial charge in [-0.2, -0.15) is 0 Å². The van der Waals surface area contributed by atoms with Gasteiger partial charge in [0.15, 0.2) is 5.84 Å². The predicted octanol–water partition coefficient (Wildman–Crippen LogP) is 9.41. The van der Waals surface area contributed by atoms with Gasteiger partial charge < -0.3 is 10.5 Å². The second-order valence-corrected chi connectivity index (χ2v) is 15.6. The first-order chi connectivity index (χ1) is 27.1. The summed E-state index contributed by atoms with van der Waals surface area (Å²) in [5, 5.41) is 10.1. The van der Waals surface area contributed by atoms with Gasteiger partial charge in [-0.3, -0.25) is 10.1 Å². The Balaban J connectivity index is 1.28. The molecule has 0 atom stereocenters. The Labute approximate surface area is 331 Å². The fraction of sp³-hybridized carbons (Fsp3) is 0.224. The van der Waals surface area contributed by atoms with Crippen LogP contribution >= 0.6 is 0 Å². The molecule has 7 heteroatoms. The number of benzene rings is 6. The number of hydrogen-bond acceptors (Lipinski definition) is 6. The summed E-state index contributed by atoms with van der Waals surface area (Å²) in [5.41, 5.74) is 14.3. The molecule has 284 valence electrons. The molecule has 0 radical (unpaired) electrons. The van der Waals surface area contributed by atoms with E-state index in [0.717, 1.165) is 75.8 Å². The number of amidine groups is 1. The zero-order chi connectivity index (χ0) is 39.2. The molecule has 0 aliphatic heterocycles. The maximum absolute atomic E-state index is 13.1. The number of hydrazone groups is 1. The van der Waals surface area contributed by atoms with Gasteiger partial charge in [0.1, 0.15) is 11.1 Å². The van der Waals surface area contributed by atoms with Crippen molar-refractivity contribution in [2.24, 2.45) is 22.1 Å². The zero-order valence-electron chi connectivity index (χ0n) is 32.5. The van der Waals surface area contributed by atoms with Crippen molar-refractivity contribution in [3.05, 3.63) is 192 Å². The molecule has 0 heterocycles. The molecule has 0 aromatic heterocycles. The number of rotatable bonds is 12. The van der Waals surface area contributed by atoms with Crippen LogP contribution in [0.3, 0.4) is 0 Å². The van der Waals surface area contributed by atoms with E-state index in [-0.39, 0.29) is 17.2 Å². The summed E-state index contributed by atoms with van der Waals surface area (Å²) in [5.74, 6) is 7.28. The minimum Gasteiger partial charge on any atom is -0.468 e. The fourth-order valence-corrected chi connectivity index (χ4v) is 8.07. The van der Waals surface area contributed by atoms with Crippen LogP contribution in [0.15, 0.2) is 169 Å². The second-order valence-electron chi connectivity index (χ2n) is 15.6. The van der Waals surface area contributed by atoms with E-state index in [1.165, 1.54) is 12.2 Å². The van der Waals surface area contributed by atoms with E-state index in [9.17, 15) is 4.79 Å². The standard InChI is InChI=1S/C49H51N5O2/c1-47(2)30-32-48(33-31-47,46(55)56-3)52-35-36-24-26-38(27-25-36)44-34-39(37-16-8-4-9-17-37)28-29-43(44)45(50)53-54(51)49(40-18-10-5-11-19-40,41-20-12-6-13-21-41)42-22-14-7-15-23-42/h4-29,34,52H,30-33,35,51H2,1-3H3,(H2,50,53). The maximum atomic E-state index is 13.1. The second kappa shape index (κ2) is 16.4. The van der Waals surface area contributed by atoms with Gasteiger partial charge in [-0.25, -0.2) is 11.0 Å². The van der Waals surface area contributed by atoms with E-state index in [1.807, 2.05) is 78.9 Å². The average molecular weight is 742 g/mol. The first kappa shape index (κ1) is 38.3. The lowest BCUT2D eigenvalue weighted by Crippen LogP contribution is -2.55. The fourth-order valence-electron chi connectivity index (χ4n) is 8.07. The number of nitrogens with one attached hydrogen (secondary N) is 1. The Morgan fingerprint density at radius 3 is 1.66 bits per heavy atom. The van der Waals surface area contributed by atoms with Crippen molar-refractivity contribution in [3.8, 4) is 22.3 Å². The van der Waals surface area contributed by atoms with Crippen LogP contribution < -0.4 is 16.9 Å². The molecule has 56 heavy (non-hydrogen) atoms. The number of hydrogen-bond donors (Lipinski definition) is 3. The van der Waals surface area contributed by atoms with Crippen LogP contribution in [0.2, 0.25) is 0 Å². The molecule has 0 amide bonds. The first-order valence-electron chi connectivity index (χ1n) is 19.3. The molecule has 7 rings (SSSR count). The van der Waals surface area contributed by atoms with Gasteiger partial charge >= 0.3 is 5.97 Å². The third kappa shape index (κ3) is 7.74. The SMILES string of the molecule is COC(=O)C1(NCc2ccc(-c3cc(-c4ccccc4)ccc3/C(N)=N/N(N)C(c3ccccc3)(c3ccccc3)c3ccccc3)cc2)CCC(C)(C)CC1. The van der Waals surface area contributed by atoms with E-state index in [4.69, 9.17) is 21.4 Å². The number of carbonyl (C=O) groups is 1. The van der Waals surface area contributed by atoms with Crippen LogP contribution in [0, 0.1) is 5.41 Å². The molecule has 6 aromatic carbocycles. The molecule has 1 saturated carbocycles. The normalized spacial score (nSPS) is 15.2. The minimum absolute atomic E-state index is 0.188. The lowest BCUT2D eigenvalue weighted by atomic mass is 9.69. The largest absolute Gasteiger partial charge is 0.468 e. The average Bonchev–Trinajstić information content (AvgIpc) is 3.25. The van der Waals surface area contributed by atoms with E-state index in [1.54, 1.807) is 0 Å². The van der Waals surface area contributed by atoms with Crippen molar-refractivity contribution >= 4 is 11.8 Å². The number of methoxy groups -OCH3 is 1. The molecule has 0 unspecified atom stereocenters. The highest BCUT2D eigenvalue weighted by molar-refractivity contribution is 6.04. The summed E-state index contributed by atoms with van der Waals surface area (Å²) in [6.07, 6.45) is 3.41. The van der Waals surface area contributed by atoms with Crippen molar-refractivity contribution in [1.82, 2.24) is 10.4 Å². The zero-order valence-corrected chi connectivity index (χ0v) is 32.5. The smallest absolute Gasteiger partial charge is 0.326 e. The lowest BCUT2D eigenvalue weighted by molar-refractivity contribution is -0.151. The number of hydrazine groups is 1. The van der Waals surface area contributed by atoms with Gasteiger partial charge in [-0.05, 0) is 87.7 Å². The van der Waals surface area contributed by atoms with Crippen LogP contribution in [0.4, 0.5) is 0 Å². The van der Waals surface area contributed by atoms with Gasteiger partial charge in [0, 0.05) is 12.1 Å². The van der Waals surface area contributed by atoms with Crippen LogP contribution in [0.1, 0.15) is 67.3 Å². The quantitative estimate of drug-likeness (QED) is 0.0288. The highest BCUT2D eigenvalue weighted by atomic mass is 16.5. The minimum atomic E-state index is -0.997. The molecule has 0 bridgehead atoms. The van der Waals surface area contributed by atoms with E-state index in [2.05, 4.69) is 104 Å². The lowest BCUT2D eigenvalue weighted by Gasteiger charge is -2.42. The Morgan fingerprint density at radius 1 is 0.679 bits per heavy atom. The number of ether oxygens (including phenoxy) is 1. The molecule has 0 saturated heterocycles. The number of carbonyl (C=O) groups excluding carboxylic acids is 1. The van der Waals surface area contributed by atoms with E-state index >= 15 is 0 Å². The van der Waals surface area contributed by atoms with Crippen LogP contribution in [0.5, 0.6) is 0 Å². The van der Waals surface area contributed by atoms with Crippen molar-refractivity contribution < 1.29 is 9.53 Å². The highest BCUT2D eigenvalue weighted by Crippen LogP contribution is 2.42. The van der Waals surface area contributed by atoms with E-state index < -0.39 is 11.1 Å². The number of esters is 1. The summed E-state index contributed by atoms with van der Waals surface area (Å²) in [7, 11) is 1.48. The van der Waals surface area contributed by atoms with Crippen LogP contribution in [-0.4, -0.2) is 29.6 Å². The topological polar surface area (TPSA) is 106 Å². The van der Waals surface area contributed by atoms with Crippen molar-refractivity contribution in [1.29, 1.82) is 0 Å². The Bertz CT molecular complexity index is 2150. The van der Waals surface area contributed by atoms with Crippen LogP contribution in [-0.2, 0) is 21.6 Å². The summed E-state index contributed by atoms with van der Waals surface area (Å²) in [4.78, 5) is 13.1. The molecule has 1 aliphatic rings. The van der Waals surface area contributed by atoms with E-state index in [0.29, 0.717) is 6.54 Å². The van der Waals surface area contributed by atoms with Gasteiger partial charge in [0.05, 0.1) is 7.11 Å². The van der Waals surface area contributed by atoms with Crippen molar-refractivity contribution in [2.45, 2.75) is 57.2 Å². The third-order valence-electron chi connectivity index (χ3n) is 11.5. The molecule has 7 nitrogen and oxygen atoms in total. The monoisotopic (exact) mass is 741 g/mol. The molecule has 1 aliphatic carbocycles. The number of nitrogens with zero attached hydrogens (tertiary/aromatic N) is 2. The Kier molecular flexibility index (Phi) is 11.2. The summed E-state index contributed by atoms with van der Waals surface area (Å²) in [6, 6.07) is 55.5.